The van der Waals surface area contributed by atoms with Gasteiger partial charge in [-0.15, -0.1) is 0 Å². The molecule has 0 spiro atoms. The molecule has 0 saturated carbocycles. The van der Waals surface area contributed by atoms with Crippen LogP contribution in [0.15, 0.2) is 12.1 Å². The maximum absolute atomic E-state index is 13.1. The van der Waals surface area contributed by atoms with Gasteiger partial charge in [0, 0.05) is 18.2 Å². The molecule has 0 amide bonds. The molecule has 0 fully saturated rings. The third-order valence-corrected chi connectivity index (χ3v) is 1.90. The molecule has 1 rings (SSSR count). The number of nitrogens with two attached hydrogens (primary N) is 1. The molecule has 78 valence electrons. The van der Waals surface area contributed by atoms with E-state index in [0.29, 0.717) is 0 Å². The van der Waals surface area contributed by atoms with Gasteiger partial charge in [-0.25, -0.2) is 13.2 Å². The summed E-state index contributed by atoms with van der Waals surface area (Å²) in [5.41, 5.74) is 5.31. The van der Waals surface area contributed by atoms with E-state index in [1.54, 1.807) is 0 Å². The Labute approximate surface area is 79.2 Å². The summed E-state index contributed by atoms with van der Waals surface area (Å²) in [6.45, 7) is -0.237. The van der Waals surface area contributed by atoms with Gasteiger partial charge in [0.2, 0.25) is 0 Å². The number of benzene rings is 1. The summed E-state index contributed by atoms with van der Waals surface area (Å²) >= 11 is 0. The smallest absolute Gasteiger partial charge is 0.194 e. The molecule has 14 heavy (non-hydrogen) atoms. The molecule has 0 radical (unpaired) electrons. The molecule has 0 bridgehead atoms. The predicted octanol–water partition coefficient (Wildman–Crippen LogP) is 1.49. The van der Waals surface area contributed by atoms with Gasteiger partial charge in [-0.2, -0.15) is 0 Å². The van der Waals surface area contributed by atoms with Crippen molar-refractivity contribution < 1.29 is 18.3 Å². The Balaban J connectivity index is 3.04. The molecule has 0 saturated heterocycles. The van der Waals surface area contributed by atoms with Crippen molar-refractivity contribution in [1.29, 1.82) is 0 Å². The Morgan fingerprint density at radius 3 is 2.43 bits per heavy atom. The van der Waals surface area contributed by atoms with Crippen LogP contribution in [0.4, 0.5) is 13.2 Å². The quantitative estimate of drug-likeness (QED) is 0.734. The Morgan fingerprint density at radius 1 is 1.21 bits per heavy atom. The van der Waals surface area contributed by atoms with Crippen LogP contribution < -0.4 is 5.73 Å². The molecule has 5 heteroatoms. The highest BCUT2D eigenvalue weighted by atomic mass is 19.2. The highest BCUT2D eigenvalue weighted by Crippen LogP contribution is 2.21. The van der Waals surface area contributed by atoms with Crippen LogP contribution in [0.1, 0.15) is 18.0 Å². The lowest BCUT2D eigenvalue weighted by atomic mass is 10.0. The fraction of sp³-hybridized carbons (Fsp3) is 0.333. The maximum atomic E-state index is 13.1. The second-order valence-corrected chi connectivity index (χ2v) is 2.88. The number of rotatable bonds is 3. The Morgan fingerprint density at radius 2 is 1.86 bits per heavy atom. The first-order chi connectivity index (χ1) is 6.57. The summed E-state index contributed by atoms with van der Waals surface area (Å²) in [5.74, 6) is -4.07. The van der Waals surface area contributed by atoms with Crippen LogP contribution in [0, 0.1) is 17.5 Å². The summed E-state index contributed by atoms with van der Waals surface area (Å²) in [6.07, 6.45) is 0.0992. The zero-order valence-electron chi connectivity index (χ0n) is 7.30. The fourth-order valence-electron chi connectivity index (χ4n) is 1.12. The van der Waals surface area contributed by atoms with E-state index in [9.17, 15) is 13.2 Å². The molecule has 1 aromatic carbocycles. The predicted molar refractivity (Wildman–Crippen MR) is 44.9 cm³/mol. The molecular weight excluding hydrogens is 195 g/mol. The van der Waals surface area contributed by atoms with Crippen LogP contribution in [0.5, 0.6) is 0 Å². The van der Waals surface area contributed by atoms with Gasteiger partial charge in [-0.3, -0.25) is 0 Å². The van der Waals surface area contributed by atoms with Crippen LogP contribution >= 0.6 is 0 Å². The summed E-state index contributed by atoms with van der Waals surface area (Å²) in [7, 11) is 0. The lowest BCUT2D eigenvalue weighted by Crippen LogP contribution is -2.14. The Kier molecular flexibility index (Phi) is 3.49. The van der Waals surface area contributed by atoms with Crippen molar-refractivity contribution in [1.82, 2.24) is 0 Å². The Bertz CT molecular complexity index is 330. The summed E-state index contributed by atoms with van der Waals surface area (Å²) in [5, 5.41) is 8.54. The van der Waals surface area contributed by atoms with E-state index in [-0.39, 0.29) is 18.6 Å². The van der Waals surface area contributed by atoms with Crippen LogP contribution in [0.25, 0.3) is 0 Å². The lowest BCUT2D eigenvalue weighted by Gasteiger charge is -2.11. The SMILES string of the molecule is NC(CCO)c1ccc(F)c(F)c1F. The third-order valence-electron chi connectivity index (χ3n) is 1.90. The van der Waals surface area contributed by atoms with Crippen LogP contribution in [-0.2, 0) is 0 Å². The van der Waals surface area contributed by atoms with Gasteiger partial charge >= 0.3 is 0 Å². The third kappa shape index (κ3) is 2.05. The first-order valence-electron chi connectivity index (χ1n) is 4.07. The molecule has 1 atom stereocenters. The van der Waals surface area contributed by atoms with Gasteiger partial charge in [0.25, 0.3) is 0 Å². The monoisotopic (exact) mass is 205 g/mol. The standard InChI is InChI=1S/C9H10F3NO/c10-6-2-1-5(7(13)3-4-14)8(11)9(6)12/h1-2,7,14H,3-4,13H2. The minimum atomic E-state index is -1.53. The number of aliphatic hydroxyl groups excluding tert-OH is 1. The van der Waals surface area contributed by atoms with Crippen molar-refractivity contribution in [2.45, 2.75) is 12.5 Å². The van der Waals surface area contributed by atoms with Crippen molar-refractivity contribution in [3.8, 4) is 0 Å². The van der Waals surface area contributed by atoms with E-state index in [0.717, 1.165) is 12.1 Å². The van der Waals surface area contributed by atoms with E-state index in [2.05, 4.69) is 0 Å². The average molecular weight is 205 g/mol. The molecule has 0 aliphatic rings. The number of halogens is 3. The van der Waals surface area contributed by atoms with Gasteiger partial charge in [0.15, 0.2) is 17.5 Å². The van der Waals surface area contributed by atoms with Gasteiger partial charge in [0.05, 0.1) is 0 Å². The minimum Gasteiger partial charge on any atom is -0.396 e. The van der Waals surface area contributed by atoms with E-state index >= 15 is 0 Å². The van der Waals surface area contributed by atoms with Gasteiger partial charge in [-0.05, 0) is 12.5 Å². The van der Waals surface area contributed by atoms with Crippen LogP contribution in [-0.4, -0.2) is 11.7 Å². The molecule has 0 aliphatic heterocycles. The molecular formula is C9H10F3NO. The molecule has 0 aromatic heterocycles. The van der Waals surface area contributed by atoms with Gasteiger partial charge < -0.3 is 10.8 Å². The highest BCUT2D eigenvalue weighted by Gasteiger charge is 2.17. The van der Waals surface area contributed by atoms with Crippen molar-refractivity contribution in [2.24, 2.45) is 5.73 Å². The first-order valence-corrected chi connectivity index (χ1v) is 4.07. The van der Waals surface area contributed by atoms with Crippen molar-refractivity contribution >= 4 is 0 Å². The number of aliphatic hydroxyl groups is 1. The van der Waals surface area contributed by atoms with Crippen molar-refractivity contribution in [3.05, 3.63) is 35.1 Å². The van der Waals surface area contributed by atoms with Crippen LogP contribution in [0.2, 0.25) is 0 Å². The van der Waals surface area contributed by atoms with Crippen molar-refractivity contribution in [3.63, 3.8) is 0 Å². The fourth-order valence-corrected chi connectivity index (χ4v) is 1.12. The first kappa shape index (κ1) is 11.0. The normalized spacial score (nSPS) is 12.9. The average Bonchev–Trinajstić information content (AvgIpc) is 2.15. The summed E-state index contributed by atoms with van der Waals surface area (Å²) in [6, 6.07) is 1.06. The summed E-state index contributed by atoms with van der Waals surface area (Å²) < 4.78 is 38.3. The zero-order valence-corrected chi connectivity index (χ0v) is 7.30. The molecule has 0 aliphatic carbocycles. The van der Waals surface area contributed by atoms with Gasteiger partial charge in [0.1, 0.15) is 0 Å². The van der Waals surface area contributed by atoms with E-state index < -0.39 is 23.5 Å². The maximum Gasteiger partial charge on any atom is 0.194 e. The van der Waals surface area contributed by atoms with E-state index in [1.807, 2.05) is 0 Å². The highest BCUT2D eigenvalue weighted by molar-refractivity contribution is 5.23. The molecule has 0 heterocycles. The van der Waals surface area contributed by atoms with Gasteiger partial charge in [-0.1, -0.05) is 6.07 Å². The topological polar surface area (TPSA) is 46.2 Å². The molecule has 1 unspecified atom stereocenters. The minimum absolute atomic E-state index is 0.0992. The lowest BCUT2D eigenvalue weighted by molar-refractivity contribution is 0.275. The summed E-state index contributed by atoms with van der Waals surface area (Å²) in [4.78, 5) is 0. The van der Waals surface area contributed by atoms with E-state index in [4.69, 9.17) is 10.8 Å². The largest absolute Gasteiger partial charge is 0.396 e. The van der Waals surface area contributed by atoms with E-state index in [1.165, 1.54) is 0 Å². The molecule has 3 N–H and O–H groups in total. The second-order valence-electron chi connectivity index (χ2n) is 2.88. The van der Waals surface area contributed by atoms with Crippen LogP contribution in [0.3, 0.4) is 0 Å². The second kappa shape index (κ2) is 4.43. The molecule has 1 aromatic rings. The zero-order chi connectivity index (χ0) is 10.7. The molecule has 2 nitrogen and oxygen atoms in total. The Hall–Kier alpha value is -1.07. The number of hydrogen-bond donors (Lipinski definition) is 2. The van der Waals surface area contributed by atoms with Crippen molar-refractivity contribution in [2.75, 3.05) is 6.61 Å². The number of hydrogen-bond acceptors (Lipinski definition) is 2.